The zero-order chi connectivity index (χ0) is 13.0. The molecule has 2 unspecified atom stereocenters. The highest BCUT2D eigenvalue weighted by molar-refractivity contribution is 5.30. The van der Waals surface area contributed by atoms with E-state index in [0.29, 0.717) is 0 Å². The summed E-state index contributed by atoms with van der Waals surface area (Å²) in [5.41, 5.74) is 1.54. The lowest BCUT2D eigenvalue weighted by Crippen LogP contribution is -2.43. The third kappa shape index (κ3) is 2.60. The van der Waals surface area contributed by atoms with Gasteiger partial charge in [0.2, 0.25) is 0 Å². The van der Waals surface area contributed by atoms with E-state index in [1.54, 1.807) is 7.11 Å². The minimum Gasteiger partial charge on any atom is -0.382 e. The summed E-state index contributed by atoms with van der Waals surface area (Å²) in [5, 5.41) is 11.0. The second kappa shape index (κ2) is 5.85. The van der Waals surface area contributed by atoms with Crippen molar-refractivity contribution in [3.8, 4) is 0 Å². The van der Waals surface area contributed by atoms with Crippen LogP contribution >= 0.6 is 0 Å². The number of ether oxygens (including phenoxy) is 1. The first-order chi connectivity index (χ1) is 8.70. The van der Waals surface area contributed by atoms with Crippen LogP contribution < -0.4 is 0 Å². The van der Waals surface area contributed by atoms with Crippen molar-refractivity contribution < 1.29 is 9.84 Å². The Morgan fingerprint density at radius 3 is 2.94 bits per heavy atom. The van der Waals surface area contributed by atoms with E-state index in [4.69, 9.17) is 4.74 Å². The van der Waals surface area contributed by atoms with Gasteiger partial charge in [0.05, 0.1) is 6.10 Å². The topological polar surface area (TPSA) is 29.5 Å². The fraction of sp³-hybridized carbons (Fsp3) is 0.625. The Bertz CT molecular complexity index is 388. The van der Waals surface area contributed by atoms with Gasteiger partial charge in [0.25, 0.3) is 0 Å². The Balaban J connectivity index is 2.29. The van der Waals surface area contributed by atoms with Crippen molar-refractivity contribution in [2.24, 2.45) is 0 Å². The molecule has 0 radical (unpaired) electrons. The summed E-state index contributed by atoms with van der Waals surface area (Å²) in [6.07, 6.45) is 6.12. The van der Waals surface area contributed by atoms with Crippen molar-refractivity contribution in [3.05, 3.63) is 35.4 Å². The molecule has 0 aliphatic heterocycles. The molecule has 2 heteroatoms. The first-order valence-electron chi connectivity index (χ1n) is 7.05. The molecule has 1 N–H and O–H groups in total. The zero-order valence-corrected chi connectivity index (χ0v) is 11.5. The molecule has 0 amide bonds. The van der Waals surface area contributed by atoms with Crippen molar-refractivity contribution >= 4 is 0 Å². The van der Waals surface area contributed by atoms with E-state index >= 15 is 0 Å². The largest absolute Gasteiger partial charge is 0.382 e. The smallest absolute Gasteiger partial charge is 0.116 e. The molecule has 0 spiro atoms. The van der Waals surface area contributed by atoms with Crippen LogP contribution in [0, 0.1) is 0 Å². The lowest BCUT2D eigenvalue weighted by molar-refractivity contribution is -0.122. The molecule has 18 heavy (non-hydrogen) atoms. The molecule has 1 aromatic carbocycles. The summed E-state index contributed by atoms with van der Waals surface area (Å²) in [4.78, 5) is 0. The van der Waals surface area contributed by atoms with Gasteiger partial charge in [0, 0.05) is 7.11 Å². The molecule has 1 aromatic rings. The lowest BCUT2D eigenvalue weighted by Gasteiger charge is -2.39. The summed E-state index contributed by atoms with van der Waals surface area (Å²) in [6, 6.07) is 8.39. The number of rotatable bonds is 4. The van der Waals surface area contributed by atoms with Gasteiger partial charge in [-0.3, -0.25) is 0 Å². The minimum absolute atomic E-state index is 0.0665. The van der Waals surface area contributed by atoms with E-state index in [0.717, 1.165) is 44.1 Å². The molecule has 0 heterocycles. The third-order valence-corrected chi connectivity index (χ3v) is 4.06. The van der Waals surface area contributed by atoms with Crippen LogP contribution in [-0.2, 0) is 16.8 Å². The summed E-state index contributed by atoms with van der Waals surface area (Å²) in [7, 11) is 1.71. The fourth-order valence-electron chi connectivity index (χ4n) is 3.05. The highest BCUT2D eigenvalue weighted by Crippen LogP contribution is 2.39. The second-order valence-corrected chi connectivity index (χ2v) is 5.34. The normalized spacial score (nSPS) is 28.3. The average Bonchev–Trinajstić information content (AvgIpc) is 2.40. The van der Waals surface area contributed by atoms with Crippen LogP contribution in [0.2, 0.25) is 0 Å². The number of aliphatic hydroxyl groups is 1. The highest BCUT2D eigenvalue weighted by atomic mass is 16.5. The number of hydrogen-bond donors (Lipinski definition) is 1. The summed E-state index contributed by atoms with van der Waals surface area (Å²) in [5.74, 6) is 0. The van der Waals surface area contributed by atoms with Crippen molar-refractivity contribution in [3.63, 3.8) is 0 Å². The maximum atomic E-state index is 11.0. The van der Waals surface area contributed by atoms with Gasteiger partial charge in [0.15, 0.2) is 0 Å². The zero-order valence-electron chi connectivity index (χ0n) is 11.5. The molecule has 1 aliphatic carbocycles. The molecular weight excluding hydrogens is 224 g/mol. The molecule has 1 fully saturated rings. The van der Waals surface area contributed by atoms with Crippen molar-refractivity contribution in [2.45, 2.75) is 57.2 Å². The summed E-state index contributed by atoms with van der Waals surface area (Å²) in [6.45, 7) is 2.18. The van der Waals surface area contributed by atoms with Crippen LogP contribution in [0.1, 0.15) is 50.2 Å². The van der Waals surface area contributed by atoms with Crippen LogP contribution in [0.4, 0.5) is 0 Å². The minimum atomic E-state index is -0.795. The molecule has 0 saturated heterocycles. The van der Waals surface area contributed by atoms with Crippen molar-refractivity contribution in [1.29, 1.82) is 0 Å². The maximum absolute atomic E-state index is 11.0. The van der Waals surface area contributed by atoms with Crippen LogP contribution in [0.3, 0.4) is 0 Å². The fourth-order valence-corrected chi connectivity index (χ4v) is 3.05. The average molecular weight is 248 g/mol. The van der Waals surface area contributed by atoms with E-state index in [2.05, 4.69) is 25.1 Å². The van der Waals surface area contributed by atoms with E-state index < -0.39 is 5.60 Å². The Hall–Kier alpha value is -0.860. The molecule has 1 saturated carbocycles. The Labute approximate surface area is 110 Å². The standard InChI is InChI=1S/C16H24O2/c1-3-7-13-8-6-9-14(12-13)16(17)11-5-4-10-15(16)18-2/h6,8-9,12,15,17H,3-5,7,10-11H2,1-2H3. The number of aryl methyl sites for hydroxylation is 1. The maximum Gasteiger partial charge on any atom is 0.116 e. The van der Waals surface area contributed by atoms with Gasteiger partial charge < -0.3 is 9.84 Å². The lowest BCUT2D eigenvalue weighted by atomic mass is 9.77. The molecule has 2 atom stereocenters. The molecule has 0 bridgehead atoms. The van der Waals surface area contributed by atoms with Gasteiger partial charge in [0.1, 0.15) is 5.60 Å². The van der Waals surface area contributed by atoms with Crippen LogP contribution in [0.15, 0.2) is 24.3 Å². The van der Waals surface area contributed by atoms with Crippen LogP contribution in [0.25, 0.3) is 0 Å². The molecular formula is C16H24O2. The molecule has 0 aromatic heterocycles. The van der Waals surface area contributed by atoms with Crippen LogP contribution in [-0.4, -0.2) is 18.3 Å². The predicted octanol–water partition coefficient (Wildman–Crippen LogP) is 3.42. The van der Waals surface area contributed by atoms with Gasteiger partial charge in [-0.15, -0.1) is 0 Å². The molecule has 2 rings (SSSR count). The van der Waals surface area contributed by atoms with Crippen LogP contribution in [0.5, 0.6) is 0 Å². The monoisotopic (exact) mass is 248 g/mol. The highest BCUT2D eigenvalue weighted by Gasteiger charge is 2.40. The van der Waals surface area contributed by atoms with E-state index in [-0.39, 0.29) is 6.10 Å². The number of hydrogen-bond acceptors (Lipinski definition) is 2. The number of benzene rings is 1. The van der Waals surface area contributed by atoms with Crippen molar-refractivity contribution in [2.75, 3.05) is 7.11 Å². The molecule has 1 aliphatic rings. The Morgan fingerprint density at radius 2 is 2.22 bits per heavy atom. The van der Waals surface area contributed by atoms with Gasteiger partial charge in [-0.2, -0.15) is 0 Å². The van der Waals surface area contributed by atoms with E-state index in [1.165, 1.54) is 5.56 Å². The van der Waals surface area contributed by atoms with E-state index in [9.17, 15) is 5.11 Å². The molecule has 100 valence electrons. The Morgan fingerprint density at radius 1 is 1.39 bits per heavy atom. The van der Waals surface area contributed by atoms with Gasteiger partial charge >= 0.3 is 0 Å². The van der Waals surface area contributed by atoms with Crippen molar-refractivity contribution in [1.82, 2.24) is 0 Å². The number of methoxy groups -OCH3 is 1. The van der Waals surface area contributed by atoms with Gasteiger partial charge in [-0.25, -0.2) is 0 Å². The SMILES string of the molecule is CCCc1cccc(C2(O)CCCCC2OC)c1. The third-order valence-electron chi connectivity index (χ3n) is 4.06. The summed E-state index contributed by atoms with van der Waals surface area (Å²) >= 11 is 0. The summed E-state index contributed by atoms with van der Waals surface area (Å²) < 4.78 is 5.51. The first kappa shape index (κ1) is 13.6. The predicted molar refractivity (Wildman–Crippen MR) is 73.6 cm³/mol. The molecule has 2 nitrogen and oxygen atoms in total. The Kier molecular flexibility index (Phi) is 4.41. The van der Waals surface area contributed by atoms with Gasteiger partial charge in [-0.05, 0) is 30.4 Å². The first-order valence-corrected chi connectivity index (χ1v) is 7.05. The van der Waals surface area contributed by atoms with Gasteiger partial charge in [-0.1, -0.05) is 50.5 Å². The second-order valence-electron chi connectivity index (χ2n) is 5.34. The quantitative estimate of drug-likeness (QED) is 0.884. The van der Waals surface area contributed by atoms with E-state index in [1.807, 2.05) is 6.07 Å².